The number of pyridine rings is 1. The number of ether oxygens (including phenoxy) is 1. The summed E-state index contributed by atoms with van der Waals surface area (Å²) in [5, 5.41) is 0.948. The Hall–Kier alpha value is -1.90. The van der Waals surface area contributed by atoms with E-state index in [9.17, 15) is 4.79 Å². The second-order valence-corrected chi connectivity index (χ2v) is 3.31. The van der Waals surface area contributed by atoms with Crippen molar-refractivity contribution in [2.24, 2.45) is 0 Å². The molecule has 0 N–H and O–H groups in total. The number of nitrogens with zero attached hydrogens (tertiary/aromatic N) is 1. The van der Waals surface area contributed by atoms with E-state index in [0.29, 0.717) is 11.3 Å². The Morgan fingerprint density at radius 2 is 2.07 bits per heavy atom. The van der Waals surface area contributed by atoms with Crippen LogP contribution in [0.15, 0.2) is 30.3 Å². The van der Waals surface area contributed by atoms with Crippen LogP contribution >= 0.6 is 0 Å². The summed E-state index contributed by atoms with van der Waals surface area (Å²) in [7, 11) is 1.37. The minimum absolute atomic E-state index is 0.342. The molecule has 0 spiro atoms. The van der Waals surface area contributed by atoms with E-state index in [4.69, 9.17) is 0 Å². The summed E-state index contributed by atoms with van der Waals surface area (Å²) in [6.45, 7) is 1.80. The summed E-state index contributed by atoms with van der Waals surface area (Å²) < 4.78 is 4.69. The van der Waals surface area contributed by atoms with E-state index in [1.54, 1.807) is 6.92 Å². The van der Waals surface area contributed by atoms with E-state index in [-0.39, 0.29) is 5.97 Å². The average Bonchev–Trinajstić information content (AvgIpc) is 2.27. The van der Waals surface area contributed by atoms with Gasteiger partial charge in [-0.25, -0.2) is 4.79 Å². The fourth-order valence-corrected chi connectivity index (χ4v) is 1.53. The number of para-hydroxylation sites is 1. The van der Waals surface area contributed by atoms with Gasteiger partial charge in [-0.1, -0.05) is 18.2 Å². The maximum absolute atomic E-state index is 11.4. The van der Waals surface area contributed by atoms with Crippen molar-refractivity contribution >= 4 is 16.9 Å². The first-order chi connectivity index (χ1) is 7.22. The molecule has 2 aromatic rings. The number of rotatable bonds is 1. The quantitative estimate of drug-likeness (QED) is 0.665. The smallest absolute Gasteiger partial charge is 0.339 e. The molecule has 1 aromatic carbocycles. The Morgan fingerprint density at radius 1 is 1.33 bits per heavy atom. The normalized spacial score (nSPS) is 10.3. The van der Waals surface area contributed by atoms with Gasteiger partial charge < -0.3 is 4.74 Å². The average molecular weight is 201 g/mol. The predicted octanol–water partition coefficient (Wildman–Crippen LogP) is 2.33. The maximum Gasteiger partial charge on any atom is 0.339 e. The third-order valence-electron chi connectivity index (χ3n) is 2.32. The van der Waals surface area contributed by atoms with Crippen LogP contribution in [0.5, 0.6) is 0 Å². The zero-order chi connectivity index (χ0) is 10.8. The lowest BCUT2D eigenvalue weighted by Crippen LogP contribution is -2.05. The van der Waals surface area contributed by atoms with Gasteiger partial charge in [0.15, 0.2) is 0 Å². The van der Waals surface area contributed by atoms with Crippen molar-refractivity contribution in [1.82, 2.24) is 4.98 Å². The van der Waals surface area contributed by atoms with Crippen molar-refractivity contribution in [3.8, 4) is 0 Å². The summed E-state index contributed by atoms with van der Waals surface area (Å²) in [6.07, 6.45) is 0. The molecule has 1 heterocycles. The van der Waals surface area contributed by atoms with E-state index in [1.807, 2.05) is 30.3 Å². The molecular formula is C12H11NO2. The highest BCUT2D eigenvalue weighted by Gasteiger charge is 2.10. The molecule has 15 heavy (non-hydrogen) atoms. The fourth-order valence-electron chi connectivity index (χ4n) is 1.53. The molecule has 0 bridgehead atoms. The van der Waals surface area contributed by atoms with Crippen LogP contribution in [-0.4, -0.2) is 18.1 Å². The zero-order valence-corrected chi connectivity index (χ0v) is 8.65. The molecule has 0 saturated carbocycles. The van der Waals surface area contributed by atoms with Gasteiger partial charge in [-0.05, 0) is 19.1 Å². The Balaban J connectivity index is 2.67. The third kappa shape index (κ3) is 1.68. The van der Waals surface area contributed by atoms with Gasteiger partial charge in [0.25, 0.3) is 0 Å². The monoisotopic (exact) mass is 201 g/mol. The van der Waals surface area contributed by atoms with Crippen molar-refractivity contribution in [2.75, 3.05) is 7.11 Å². The molecule has 0 unspecified atom stereocenters. The SMILES string of the molecule is COC(=O)c1cc2ccccc2nc1C. The van der Waals surface area contributed by atoms with Crippen molar-refractivity contribution in [2.45, 2.75) is 6.92 Å². The first-order valence-corrected chi connectivity index (χ1v) is 4.67. The van der Waals surface area contributed by atoms with Crippen molar-refractivity contribution < 1.29 is 9.53 Å². The number of carbonyl (C=O) groups excluding carboxylic acids is 1. The lowest BCUT2D eigenvalue weighted by Gasteiger charge is -2.04. The van der Waals surface area contributed by atoms with Gasteiger partial charge in [0, 0.05) is 5.39 Å². The van der Waals surface area contributed by atoms with Crippen molar-refractivity contribution in [3.63, 3.8) is 0 Å². The lowest BCUT2D eigenvalue weighted by atomic mass is 10.1. The number of hydrogen-bond acceptors (Lipinski definition) is 3. The highest BCUT2D eigenvalue weighted by molar-refractivity contribution is 5.95. The van der Waals surface area contributed by atoms with Crippen molar-refractivity contribution in [1.29, 1.82) is 0 Å². The van der Waals surface area contributed by atoms with E-state index >= 15 is 0 Å². The maximum atomic E-state index is 11.4. The molecule has 3 heteroatoms. The number of aryl methyl sites for hydroxylation is 1. The van der Waals surface area contributed by atoms with Crippen LogP contribution in [0.1, 0.15) is 16.1 Å². The molecule has 3 nitrogen and oxygen atoms in total. The van der Waals surface area contributed by atoms with Crippen LogP contribution in [-0.2, 0) is 4.74 Å². The third-order valence-corrected chi connectivity index (χ3v) is 2.32. The Kier molecular flexibility index (Phi) is 2.37. The number of carbonyl (C=O) groups is 1. The van der Waals surface area contributed by atoms with Crippen LogP contribution < -0.4 is 0 Å². The molecular weight excluding hydrogens is 190 g/mol. The number of fused-ring (bicyclic) bond motifs is 1. The minimum atomic E-state index is -0.342. The van der Waals surface area contributed by atoms with E-state index in [0.717, 1.165) is 10.9 Å². The Bertz CT molecular complexity index is 520. The molecule has 0 aliphatic heterocycles. The largest absolute Gasteiger partial charge is 0.465 e. The van der Waals surface area contributed by atoms with Crippen LogP contribution in [0.4, 0.5) is 0 Å². The molecule has 0 aliphatic carbocycles. The predicted molar refractivity (Wildman–Crippen MR) is 57.8 cm³/mol. The molecule has 0 amide bonds. The first kappa shape index (κ1) is 9.65. The standard InChI is InChI=1S/C12H11NO2/c1-8-10(12(14)15-2)7-9-5-3-4-6-11(9)13-8/h3-7H,1-2H3. The molecule has 1 aromatic heterocycles. The van der Waals surface area contributed by atoms with E-state index in [1.165, 1.54) is 7.11 Å². The summed E-state index contributed by atoms with van der Waals surface area (Å²) in [5.41, 5.74) is 2.11. The number of esters is 1. The zero-order valence-electron chi connectivity index (χ0n) is 8.65. The van der Waals surface area contributed by atoms with Gasteiger partial charge in [-0.2, -0.15) is 0 Å². The summed E-state index contributed by atoms with van der Waals surface area (Å²) >= 11 is 0. The fraction of sp³-hybridized carbons (Fsp3) is 0.167. The van der Waals surface area contributed by atoms with Gasteiger partial charge in [0.05, 0.1) is 23.9 Å². The summed E-state index contributed by atoms with van der Waals surface area (Å²) in [5.74, 6) is -0.342. The Labute approximate surface area is 87.7 Å². The van der Waals surface area contributed by atoms with Gasteiger partial charge in [0.2, 0.25) is 0 Å². The first-order valence-electron chi connectivity index (χ1n) is 4.67. The topological polar surface area (TPSA) is 39.2 Å². The molecule has 0 atom stereocenters. The van der Waals surface area contributed by atoms with Gasteiger partial charge in [-0.15, -0.1) is 0 Å². The number of benzene rings is 1. The van der Waals surface area contributed by atoms with Gasteiger partial charge >= 0.3 is 5.97 Å². The molecule has 76 valence electrons. The molecule has 0 fully saturated rings. The van der Waals surface area contributed by atoms with Gasteiger partial charge in [-0.3, -0.25) is 4.98 Å². The van der Waals surface area contributed by atoms with E-state index in [2.05, 4.69) is 9.72 Å². The number of methoxy groups -OCH3 is 1. The molecule has 0 radical (unpaired) electrons. The van der Waals surface area contributed by atoms with E-state index < -0.39 is 0 Å². The van der Waals surface area contributed by atoms with Crippen LogP contribution in [0.2, 0.25) is 0 Å². The van der Waals surface area contributed by atoms with Crippen molar-refractivity contribution in [3.05, 3.63) is 41.6 Å². The second-order valence-electron chi connectivity index (χ2n) is 3.31. The number of aromatic nitrogens is 1. The molecule has 0 saturated heterocycles. The highest BCUT2D eigenvalue weighted by atomic mass is 16.5. The van der Waals surface area contributed by atoms with Crippen LogP contribution in [0.3, 0.4) is 0 Å². The molecule has 2 rings (SSSR count). The lowest BCUT2D eigenvalue weighted by molar-refractivity contribution is 0.0599. The van der Waals surface area contributed by atoms with Crippen LogP contribution in [0.25, 0.3) is 10.9 Å². The number of hydrogen-bond donors (Lipinski definition) is 0. The minimum Gasteiger partial charge on any atom is -0.465 e. The highest BCUT2D eigenvalue weighted by Crippen LogP contribution is 2.16. The van der Waals surface area contributed by atoms with Gasteiger partial charge in [0.1, 0.15) is 0 Å². The van der Waals surface area contributed by atoms with Crippen LogP contribution in [0, 0.1) is 6.92 Å². The Morgan fingerprint density at radius 3 is 2.80 bits per heavy atom. The second kappa shape index (κ2) is 3.69. The molecule has 0 aliphatic rings. The summed E-state index contributed by atoms with van der Waals surface area (Å²) in [4.78, 5) is 15.8. The summed E-state index contributed by atoms with van der Waals surface area (Å²) in [6, 6.07) is 9.49.